The van der Waals surface area contributed by atoms with E-state index in [4.69, 9.17) is 4.74 Å². The van der Waals surface area contributed by atoms with Gasteiger partial charge in [-0.05, 0) is 33.1 Å². The predicted molar refractivity (Wildman–Crippen MR) is 70.3 cm³/mol. The minimum absolute atomic E-state index is 0.0924. The molecule has 2 amide bonds. The van der Waals surface area contributed by atoms with E-state index in [2.05, 4.69) is 15.8 Å². The summed E-state index contributed by atoms with van der Waals surface area (Å²) in [6, 6.07) is 0. The van der Waals surface area contributed by atoms with Crippen molar-refractivity contribution in [3.05, 3.63) is 11.3 Å². The standard InChI is InChI=1S/C13H19N3O3/c1-8-10(13(18)16-15-8)5-6-14-12(17)11-4-3-7-19-9(11)2/h10H,3-7H2,1-2H3,(H,14,17)(H,16,18). The number of amides is 2. The van der Waals surface area contributed by atoms with Gasteiger partial charge in [-0.15, -0.1) is 0 Å². The molecule has 6 nitrogen and oxygen atoms in total. The van der Waals surface area contributed by atoms with E-state index >= 15 is 0 Å². The molecule has 104 valence electrons. The summed E-state index contributed by atoms with van der Waals surface area (Å²) in [5.74, 6) is 0.298. The minimum atomic E-state index is -0.224. The third-order valence-corrected chi connectivity index (χ3v) is 3.47. The molecule has 0 radical (unpaired) electrons. The molecule has 2 rings (SSSR count). The Morgan fingerprint density at radius 2 is 2.32 bits per heavy atom. The smallest absolute Gasteiger partial charge is 0.250 e. The van der Waals surface area contributed by atoms with Crippen LogP contribution >= 0.6 is 0 Å². The minimum Gasteiger partial charge on any atom is -0.498 e. The van der Waals surface area contributed by atoms with Gasteiger partial charge >= 0.3 is 0 Å². The number of ether oxygens (including phenoxy) is 1. The molecule has 0 aromatic heterocycles. The van der Waals surface area contributed by atoms with Gasteiger partial charge in [0.15, 0.2) is 0 Å². The SMILES string of the molecule is CC1=NNC(=O)C1CCNC(=O)C1=C(C)OCCC1. The normalized spacial score (nSPS) is 22.7. The molecular formula is C13H19N3O3. The molecule has 0 fully saturated rings. The highest BCUT2D eigenvalue weighted by molar-refractivity contribution is 6.06. The molecule has 2 N–H and O–H groups in total. The number of hydrazone groups is 1. The van der Waals surface area contributed by atoms with Crippen LogP contribution in [-0.2, 0) is 14.3 Å². The van der Waals surface area contributed by atoms with Crippen molar-refractivity contribution in [2.75, 3.05) is 13.2 Å². The summed E-state index contributed by atoms with van der Waals surface area (Å²) < 4.78 is 5.36. The van der Waals surface area contributed by atoms with Gasteiger partial charge in [0, 0.05) is 12.3 Å². The van der Waals surface area contributed by atoms with Crippen molar-refractivity contribution in [1.29, 1.82) is 0 Å². The van der Waals surface area contributed by atoms with Crippen LogP contribution in [0.2, 0.25) is 0 Å². The molecular weight excluding hydrogens is 246 g/mol. The zero-order valence-electron chi connectivity index (χ0n) is 11.3. The van der Waals surface area contributed by atoms with Crippen LogP contribution in [-0.4, -0.2) is 30.7 Å². The number of rotatable bonds is 4. The second-order valence-corrected chi connectivity index (χ2v) is 4.81. The van der Waals surface area contributed by atoms with Crippen molar-refractivity contribution in [2.45, 2.75) is 33.1 Å². The van der Waals surface area contributed by atoms with Crippen LogP contribution in [0.25, 0.3) is 0 Å². The molecule has 0 aromatic rings. The number of allylic oxidation sites excluding steroid dienone is 1. The maximum atomic E-state index is 12.0. The first kappa shape index (κ1) is 13.6. The lowest BCUT2D eigenvalue weighted by Crippen LogP contribution is -2.32. The van der Waals surface area contributed by atoms with Crippen LogP contribution in [0.1, 0.15) is 33.1 Å². The van der Waals surface area contributed by atoms with E-state index in [-0.39, 0.29) is 17.7 Å². The maximum Gasteiger partial charge on any atom is 0.250 e. The fraction of sp³-hybridized carbons (Fsp3) is 0.615. The summed E-state index contributed by atoms with van der Waals surface area (Å²) in [7, 11) is 0. The number of hydrogen-bond donors (Lipinski definition) is 2. The lowest BCUT2D eigenvalue weighted by Gasteiger charge is -2.18. The Morgan fingerprint density at radius 1 is 1.53 bits per heavy atom. The van der Waals surface area contributed by atoms with E-state index < -0.39 is 0 Å². The summed E-state index contributed by atoms with van der Waals surface area (Å²) >= 11 is 0. The summed E-state index contributed by atoms with van der Waals surface area (Å²) in [4.78, 5) is 23.4. The highest BCUT2D eigenvalue weighted by Crippen LogP contribution is 2.18. The summed E-state index contributed by atoms with van der Waals surface area (Å²) in [6.07, 6.45) is 2.19. The molecule has 19 heavy (non-hydrogen) atoms. The first-order chi connectivity index (χ1) is 9.09. The Bertz CT molecular complexity index is 454. The predicted octanol–water partition coefficient (Wildman–Crippen LogP) is 0.699. The van der Waals surface area contributed by atoms with Crippen molar-refractivity contribution >= 4 is 17.5 Å². The van der Waals surface area contributed by atoms with Gasteiger partial charge in [-0.2, -0.15) is 5.10 Å². The Labute approximate surface area is 112 Å². The topological polar surface area (TPSA) is 79.8 Å². The third-order valence-electron chi connectivity index (χ3n) is 3.47. The van der Waals surface area contributed by atoms with E-state index in [1.807, 2.05) is 13.8 Å². The van der Waals surface area contributed by atoms with Crippen molar-refractivity contribution in [1.82, 2.24) is 10.7 Å². The van der Waals surface area contributed by atoms with Crippen molar-refractivity contribution in [3.8, 4) is 0 Å². The Hall–Kier alpha value is -1.85. The largest absolute Gasteiger partial charge is 0.498 e. The molecule has 2 aliphatic rings. The van der Waals surface area contributed by atoms with Crippen LogP contribution in [0.5, 0.6) is 0 Å². The average Bonchev–Trinajstić information content (AvgIpc) is 2.70. The van der Waals surface area contributed by atoms with Crippen molar-refractivity contribution < 1.29 is 14.3 Å². The fourth-order valence-electron chi connectivity index (χ4n) is 2.28. The van der Waals surface area contributed by atoms with E-state index in [1.54, 1.807) is 0 Å². The van der Waals surface area contributed by atoms with Crippen LogP contribution in [0.3, 0.4) is 0 Å². The zero-order valence-corrected chi connectivity index (χ0v) is 11.3. The average molecular weight is 265 g/mol. The zero-order chi connectivity index (χ0) is 13.8. The third kappa shape index (κ3) is 3.13. The molecule has 2 heterocycles. The van der Waals surface area contributed by atoms with E-state index in [0.29, 0.717) is 30.9 Å². The van der Waals surface area contributed by atoms with Crippen molar-refractivity contribution in [2.24, 2.45) is 11.0 Å². The first-order valence-electron chi connectivity index (χ1n) is 6.54. The lowest BCUT2D eigenvalue weighted by atomic mass is 10.0. The Balaban J connectivity index is 1.81. The molecule has 2 aliphatic heterocycles. The second kappa shape index (κ2) is 5.86. The van der Waals surface area contributed by atoms with Gasteiger partial charge in [0.1, 0.15) is 5.76 Å². The number of nitrogens with one attached hydrogen (secondary N) is 2. The van der Waals surface area contributed by atoms with Gasteiger partial charge in [-0.25, -0.2) is 5.43 Å². The van der Waals surface area contributed by atoms with Crippen LogP contribution in [0, 0.1) is 5.92 Å². The summed E-state index contributed by atoms with van der Waals surface area (Å²) in [6.45, 7) is 4.77. The van der Waals surface area contributed by atoms with E-state index in [9.17, 15) is 9.59 Å². The number of carbonyl (C=O) groups is 2. The van der Waals surface area contributed by atoms with Gasteiger partial charge in [-0.1, -0.05) is 0 Å². The summed E-state index contributed by atoms with van der Waals surface area (Å²) in [5.41, 5.74) is 3.92. The van der Waals surface area contributed by atoms with E-state index in [1.165, 1.54) is 0 Å². The molecule has 0 spiro atoms. The molecule has 0 aromatic carbocycles. The Morgan fingerprint density at radius 3 is 2.95 bits per heavy atom. The number of hydrogen-bond acceptors (Lipinski definition) is 4. The molecule has 0 bridgehead atoms. The van der Waals surface area contributed by atoms with Gasteiger partial charge in [0.05, 0.1) is 18.1 Å². The number of carbonyl (C=O) groups excluding carboxylic acids is 2. The van der Waals surface area contributed by atoms with Crippen LogP contribution < -0.4 is 10.7 Å². The monoisotopic (exact) mass is 265 g/mol. The van der Waals surface area contributed by atoms with Crippen LogP contribution in [0.15, 0.2) is 16.4 Å². The number of nitrogens with zero attached hydrogens (tertiary/aromatic N) is 1. The van der Waals surface area contributed by atoms with Gasteiger partial charge in [0.25, 0.3) is 5.91 Å². The van der Waals surface area contributed by atoms with Gasteiger partial charge in [0.2, 0.25) is 5.91 Å². The summed E-state index contributed by atoms with van der Waals surface area (Å²) in [5, 5.41) is 6.71. The van der Waals surface area contributed by atoms with Crippen molar-refractivity contribution in [3.63, 3.8) is 0 Å². The maximum absolute atomic E-state index is 12.0. The van der Waals surface area contributed by atoms with Gasteiger partial charge < -0.3 is 10.1 Å². The van der Waals surface area contributed by atoms with Gasteiger partial charge in [-0.3, -0.25) is 9.59 Å². The molecule has 1 atom stereocenters. The molecule has 6 heteroatoms. The lowest BCUT2D eigenvalue weighted by molar-refractivity contribution is -0.123. The fourth-order valence-corrected chi connectivity index (χ4v) is 2.28. The first-order valence-corrected chi connectivity index (χ1v) is 6.54. The highest BCUT2D eigenvalue weighted by atomic mass is 16.5. The van der Waals surface area contributed by atoms with E-state index in [0.717, 1.165) is 18.6 Å². The Kier molecular flexibility index (Phi) is 4.19. The molecule has 0 aliphatic carbocycles. The molecule has 0 saturated heterocycles. The quantitative estimate of drug-likeness (QED) is 0.785. The molecule has 0 saturated carbocycles. The van der Waals surface area contributed by atoms with Crippen LogP contribution in [0.4, 0.5) is 0 Å². The molecule has 1 unspecified atom stereocenters. The second-order valence-electron chi connectivity index (χ2n) is 4.81. The highest BCUT2D eigenvalue weighted by Gasteiger charge is 2.26.